The van der Waals surface area contributed by atoms with Gasteiger partial charge in [0.25, 0.3) is 0 Å². The summed E-state index contributed by atoms with van der Waals surface area (Å²) in [6.07, 6.45) is 1.12. The zero-order chi connectivity index (χ0) is 13.8. The van der Waals surface area contributed by atoms with E-state index in [4.69, 9.17) is 15.9 Å². The van der Waals surface area contributed by atoms with Gasteiger partial charge in [-0.2, -0.15) is 0 Å². The van der Waals surface area contributed by atoms with Gasteiger partial charge in [-0.3, -0.25) is 5.41 Å². The number of likely N-dealkylation sites (N-methyl/N-ethyl adjacent to an activating group) is 1. The first-order valence-electron chi connectivity index (χ1n) is 6.57. The van der Waals surface area contributed by atoms with Gasteiger partial charge in [-0.05, 0) is 32.1 Å². The van der Waals surface area contributed by atoms with Crippen LogP contribution in [-0.4, -0.2) is 51.1 Å². The highest BCUT2D eigenvalue weighted by atomic mass is 16.5. The van der Waals surface area contributed by atoms with Crippen molar-refractivity contribution in [3.8, 4) is 5.75 Å². The summed E-state index contributed by atoms with van der Waals surface area (Å²) < 4.78 is 5.28. The normalized spacial score (nSPS) is 17.1. The molecule has 0 aromatic heterocycles. The van der Waals surface area contributed by atoms with Crippen molar-refractivity contribution >= 4 is 11.5 Å². The lowest BCUT2D eigenvalue weighted by Gasteiger charge is -2.25. The van der Waals surface area contributed by atoms with Crippen LogP contribution in [0.2, 0.25) is 0 Å². The van der Waals surface area contributed by atoms with Crippen molar-refractivity contribution in [1.29, 1.82) is 5.41 Å². The van der Waals surface area contributed by atoms with Crippen LogP contribution in [-0.2, 0) is 0 Å². The predicted molar refractivity (Wildman–Crippen MR) is 78.3 cm³/mol. The first kappa shape index (κ1) is 13.7. The smallest absolute Gasteiger partial charge is 0.124 e. The number of amidine groups is 1. The second kappa shape index (κ2) is 5.93. The second-order valence-electron chi connectivity index (χ2n) is 4.94. The number of anilines is 1. The molecule has 2 rings (SSSR count). The minimum absolute atomic E-state index is 0.107. The molecule has 1 aliphatic heterocycles. The molecule has 104 valence electrons. The van der Waals surface area contributed by atoms with E-state index in [0.717, 1.165) is 49.6 Å². The van der Waals surface area contributed by atoms with E-state index in [9.17, 15) is 0 Å². The summed E-state index contributed by atoms with van der Waals surface area (Å²) in [5.74, 6) is 0.910. The molecule has 1 saturated heterocycles. The lowest BCUT2D eigenvalue weighted by Crippen LogP contribution is -2.30. The van der Waals surface area contributed by atoms with Crippen LogP contribution in [0.3, 0.4) is 0 Å². The lowest BCUT2D eigenvalue weighted by atomic mass is 10.1. The number of nitrogens with zero attached hydrogens (tertiary/aromatic N) is 2. The van der Waals surface area contributed by atoms with Gasteiger partial charge < -0.3 is 20.3 Å². The fourth-order valence-electron chi connectivity index (χ4n) is 2.42. The number of ether oxygens (including phenoxy) is 1. The van der Waals surface area contributed by atoms with E-state index in [1.807, 2.05) is 18.2 Å². The Kier molecular flexibility index (Phi) is 4.27. The van der Waals surface area contributed by atoms with Crippen LogP contribution in [0.1, 0.15) is 12.0 Å². The Morgan fingerprint density at radius 1 is 1.26 bits per heavy atom. The number of benzene rings is 1. The average Bonchev–Trinajstić information content (AvgIpc) is 2.62. The molecule has 1 aromatic rings. The summed E-state index contributed by atoms with van der Waals surface area (Å²) in [5.41, 5.74) is 7.47. The van der Waals surface area contributed by atoms with Crippen LogP contribution in [0.4, 0.5) is 5.69 Å². The molecule has 5 heteroatoms. The highest BCUT2D eigenvalue weighted by molar-refractivity contribution is 6.00. The summed E-state index contributed by atoms with van der Waals surface area (Å²) >= 11 is 0. The maximum absolute atomic E-state index is 7.72. The Balaban J connectivity index is 2.32. The van der Waals surface area contributed by atoms with Crippen LogP contribution in [0, 0.1) is 5.41 Å². The van der Waals surface area contributed by atoms with Crippen LogP contribution in [0.25, 0.3) is 0 Å². The first-order chi connectivity index (χ1) is 9.11. The Morgan fingerprint density at radius 3 is 2.74 bits per heavy atom. The topological polar surface area (TPSA) is 65.6 Å². The van der Waals surface area contributed by atoms with Crippen molar-refractivity contribution in [3.05, 3.63) is 23.8 Å². The fraction of sp³-hybridized carbons (Fsp3) is 0.500. The molecule has 1 heterocycles. The van der Waals surface area contributed by atoms with Gasteiger partial charge in [-0.25, -0.2) is 0 Å². The number of nitrogen functional groups attached to an aromatic ring is 1. The third kappa shape index (κ3) is 3.17. The first-order valence-corrected chi connectivity index (χ1v) is 6.57. The maximum Gasteiger partial charge on any atom is 0.124 e. The standard InChI is InChI=1S/C14H22N4O/c1-17-6-3-7-18(9-8-17)13-10-11(19-2)4-5-12(13)14(15)16/h4-5,10H,3,6-9H2,1-2H3,(H3,15,16). The third-order valence-corrected chi connectivity index (χ3v) is 3.56. The highest BCUT2D eigenvalue weighted by Crippen LogP contribution is 2.26. The lowest BCUT2D eigenvalue weighted by molar-refractivity contribution is 0.360. The van der Waals surface area contributed by atoms with Gasteiger partial charge in [0.05, 0.1) is 12.8 Å². The Hall–Kier alpha value is -1.75. The summed E-state index contributed by atoms with van der Waals surface area (Å²) in [6.45, 7) is 4.06. The van der Waals surface area contributed by atoms with E-state index in [1.54, 1.807) is 7.11 Å². The number of nitrogens with two attached hydrogens (primary N) is 1. The number of hydrogen-bond donors (Lipinski definition) is 2. The predicted octanol–water partition coefficient (Wildman–Crippen LogP) is 1.12. The minimum atomic E-state index is 0.107. The molecule has 3 N–H and O–H groups in total. The largest absolute Gasteiger partial charge is 0.497 e. The number of hydrogen-bond acceptors (Lipinski definition) is 4. The fourth-order valence-corrected chi connectivity index (χ4v) is 2.42. The van der Waals surface area contributed by atoms with E-state index in [-0.39, 0.29) is 5.84 Å². The zero-order valence-electron chi connectivity index (χ0n) is 11.6. The zero-order valence-corrected chi connectivity index (χ0v) is 11.6. The molecule has 0 aliphatic carbocycles. The molecular formula is C14H22N4O. The molecule has 0 atom stereocenters. The van der Waals surface area contributed by atoms with Crippen molar-refractivity contribution < 1.29 is 4.74 Å². The van der Waals surface area contributed by atoms with Gasteiger partial charge in [0.1, 0.15) is 11.6 Å². The van der Waals surface area contributed by atoms with Crippen LogP contribution in [0.5, 0.6) is 5.75 Å². The van der Waals surface area contributed by atoms with E-state index < -0.39 is 0 Å². The third-order valence-electron chi connectivity index (χ3n) is 3.56. The molecule has 0 radical (unpaired) electrons. The Bertz CT molecular complexity index is 461. The van der Waals surface area contributed by atoms with Gasteiger partial charge in [-0.1, -0.05) is 0 Å². The molecule has 0 unspecified atom stereocenters. The number of methoxy groups -OCH3 is 1. The van der Waals surface area contributed by atoms with Crippen molar-refractivity contribution in [2.24, 2.45) is 5.73 Å². The molecule has 0 spiro atoms. The van der Waals surface area contributed by atoms with Crippen molar-refractivity contribution in [2.75, 3.05) is 45.2 Å². The Morgan fingerprint density at radius 2 is 2.05 bits per heavy atom. The van der Waals surface area contributed by atoms with Crippen LogP contribution >= 0.6 is 0 Å². The molecule has 5 nitrogen and oxygen atoms in total. The van der Waals surface area contributed by atoms with Crippen LogP contribution < -0.4 is 15.4 Å². The van der Waals surface area contributed by atoms with Gasteiger partial charge in [0.2, 0.25) is 0 Å². The van der Waals surface area contributed by atoms with Crippen molar-refractivity contribution in [2.45, 2.75) is 6.42 Å². The number of rotatable bonds is 3. The quantitative estimate of drug-likeness (QED) is 0.633. The monoisotopic (exact) mass is 262 g/mol. The Labute approximate surface area is 114 Å². The maximum atomic E-state index is 7.72. The SMILES string of the molecule is COc1ccc(C(=N)N)c(N2CCCN(C)CC2)c1. The average molecular weight is 262 g/mol. The van der Waals surface area contributed by atoms with Gasteiger partial charge in [-0.15, -0.1) is 0 Å². The van der Waals surface area contributed by atoms with Crippen LogP contribution in [0.15, 0.2) is 18.2 Å². The van der Waals surface area contributed by atoms with Crippen molar-refractivity contribution in [1.82, 2.24) is 4.90 Å². The van der Waals surface area contributed by atoms with E-state index in [1.165, 1.54) is 0 Å². The summed E-state index contributed by atoms with van der Waals surface area (Å²) in [5, 5.41) is 7.72. The van der Waals surface area contributed by atoms with Gasteiger partial charge >= 0.3 is 0 Å². The molecule has 1 fully saturated rings. The molecule has 1 aromatic carbocycles. The van der Waals surface area contributed by atoms with E-state index in [0.29, 0.717) is 0 Å². The van der Waals surface area contributed by atoms with E-state index >= 15 is 0 Å². The summed E-state index contributed by atoms with van der Waals surface area (Å²) in [6, 6.07) is 5.69. The highest BCUT2D eigenvalue weighted by Gasteiger charge is 2.17. The molecule has 0 amide bonds. The molecular weight excluding hydrogens is 240 g/mol. The van der Waals surface area contributed by atoms with E-state index in [2.05, 4.69) is 16.8 Å². The molecule has 0 bridgehead atoms. The summed E-state index contributed by atoms with van der Waals surface area (Å²) in [4.78, 5) is 4.62. The van der Waals surface area contributed by atoms with Gasteiger partial charge in [0, 0.05) is 31.3 Å². The minimum Gasteiger partial charge on any atom is -0.497 e. The molecule has 1 aliphatic rings. The van der Waals surface area contributed by atoms with Gasteiger partial charge in [0.15, 0.2) is 0 Å². The molecule has 19 heavy (non-hydrogen) atoms. The second-order valence-corrected chi connectivity index (χ2v) is 4.94. The number of nitrogens with one attached hydrogen (secondary N) is 1. The summed E-state index contributed by atoms with van der Waals surface area (Å²) in [7, 11) is 3.80. The molecule has 0 saturated carbocycles. The van der Waals surface area contributed by atoms with Crippen molar-refractivity contribution in [3.63, 3.8) is 0 Å².